The van der Waals surface area contributed by atoms with Gasteiger partial charge in [-0.15, -0.1) is 0 Å². The Morgan fingerprint density at radius 2 is 1.86 bits per heavy atom. The average Bonchev–Trinajstić information content (AvgIpc) is 3.43. The van der Waals surface area contributed by atoms with Crippen LogP contribution in [0.5, 0.6) is 0 Å². The van der Waals surface area contributed by atoms with E-state index >= 15 is 0 Å². The summed E-state index contributed by atoms with van der Waals surface area (Å²) in [6.07, 6.45) is 2.18. The summed E-state index contributed by atoms with van der Waals surface area (Å²) in [5.41, 5.74) is 2.08. The van der Waals surface area contributed by atoms with E-state index in [0.29, 0.717) is 17.8 Å². The standard InChI is InChI=1S/C21H21N5O2S/c1-13(2)14-7-11-16(12-8-14)29(27,28)21-20-23-19(22-15-9-10-15)17-5-3-4-6-18(17)26(20)25-24-21/h3-8,11-13,15H,9-10H2,1-2H3,(H-,22,23,27,28). The average molecular weight is 407 g/mol. The van der Waals surface area contributed by atoms with Crippen LogP contribution in [0.25, 0.3) is 16.6 Å². The molecule has 0 saturated heterocycles. The Balaban J connectivity index is 1.68. The zero-order valence-corrected chi connectivity index (χ0v) is 17.0. The first-order valence-electron chi connectivity index (χ1n) is 9.71. The van der Waals surface area contributed by atoms with Crippen molar-refractivity contribution in [3.63, 3.8) is 0 Å². The summed E-state index contributed by atoms with van der Waals surface area (Å²) < 4.78 is 28.1. The van der Waals surface area contributed by atoms with E-state index in [9.17, 15) is 8.76 Å². The first-order chi connectivity index (χ1) is 13.9. The number of para-hydroxylation sites is 1. The first kappa shape index (κ1) is 18.2. The number of sulfone groups is 1. The van der Waals surface area contributed by atoms with Gasteiger partial charge in [0, 0.05) is 11.4 Å². The van der Waals surface area contributed by atoms with Gasteiger partial charge in [-0.3, -0.25) is 0 Å². The van der Waals surface area contributed by atoms with Crippen molar-refractivity contribution in [3.05, 3.63) is 54.1 Å². The molecule has 1 fully saturated rings. The van der Waals surface area contributed by atoms with Crippen LogP contribution in [0.3, 0.4) is 0 Å². The van der Waals surface area contributed by atoms with Gasteiger partial charge in [-0.05, 0) is 48.6 Å². The highest BCUT2D eigenvalue weighted by atomic mass is 32.3. The van der Waals surface area contributed by atoms with Crippen LogP contribution in [0.1, 0.15) is 38.2 Å². The predicted octanol–water partition coefficient (Wildman–Crippen LogP) is 4.02. The lowest BCUT2D eigenvalue weighted by Crippen LogP contribution is -2.13. The minimum absolute atomic E-state index is 0.126. The van der Waals surface area contributed by atoms with E-state index in [1.54, 1.807) is 12.1 Å². The molecule has 29 heavy (non-hydrogen) atoms. The third-order valence-electron chi connectivity index (χ3n) is 5.25. The van der Waals surface area contributed by atoms with Crippen molar-refractivity contribution in [2.75, 3.05) is 5.32 Å². The summed E-state index contributed by atoms with van der Waals surface area (Å²) in [6, 6.07) is 15.0. The molecule has 8 heteroatoms. The molecule has 0 spiro atoms. The number of benzene rings is 2. The van der Waals surface area contributed by atoms with Gasteiger partial charge in [-0.1, -0.05) is 52.6 Å². The normalized spacial score (nSPS) is 16.4. The number of rotatable bonds is 5. The zero-order chi connectivity index (χ0) is 20.2. The maximum atomic E-state index is 13.3. The maximum absolute atomic E-state index is 13.3. The van der Waals surface area contributed by atoms with E-state index in [4.69, 9.17) is 0 Å². The molecule has 0 radical (unpaired) electrons. The van der Waals surface area contributed by atoms with Crippen LogP contribution in [0, 0.1) is 0 Å². The van der Waals surface area contributed by atoms with Crippen molar-refractivity contribution >= 4 is 32.6 Å². The molecule has 1 saturated carbocycles. The molecule has 2 aromatic carbocycles. The fraction of sp³-hybridized carbons (Fsp3) is 0.286. The Morgan fingerprint density at radius 1 is 1.14 bits per heavy atom. The molecule has 1 N–H and O–H groups in total. The number of nitrogens with one attached hydrogen (secondary N) is 1. The summed E-state index contributed by atoms with van der Waals surface area (Å²) in [5.74, 6) is 0.996. The predicted molar refractivity (Wildman–Crippen MR) is 111 cm³/mol. The molecule has 2 aromatic heterocycles. The first-order valence-corrected chi connectivity index (χ1v) is 11.2. The van der Waals surface area contributed by atoms with Gasteiger partial charge in [-0.25, -0.2) is 4.98 Å². The molecule has 1 atom stereocenters. The van der Waals surface area contributed by atoms with Crippen LogP contribution in [0.4, 0.5) is 5.82 Å². The van der Waals surface area contributed by atoms with Crippen molar-refractivity contribution in [1.82, 2.24) is 19.8 Å². The number of aromatic nitrogens is 4. The Kier molecular flexibility index (Phi) is 4.15. The van der Waals surface area contributed by atoms with Crippen molar-refractivity contribution in [2.24, 2.45) is 0 Å². The van der Waals surface area contributed by atoms with Gasteiger partial charge >= 0.3 is 5.03 Å². The highest BCUT2D eigenvalue weighted by Gasteiger charge is 2.33. The smallest absolute Gasteiger partial charge is 0.317 e. The van der Waals surface area contributed by atoms with Gasteiger partial charge < -0.3 is 9.87 Å². The number of hydrogen-bond acceptors (Lipinski definition) is 6. The summed E-state index contributed by atoms with van der Waals surface area (Å²) in [4.78, 5) is 4.82. The third kappa shape index (κ3) is 3.08. The summed E-state index contributed by atoms with van der Waals surface area (Å²) in [5, 5.41) is 12.3. The molecule has 0 bridgehead atoms. The van der Waals surface area contributed by atoms with E-state index < -0.39 is 10.2 Å². The molecular formula is C21H21N5O2S. The van der Waals surface area contributed by atoms with Crippen LogP contribution < -0.4 is 5.32 Å². The summed E-state index contributed by atoms with van der Waals surface area (Å²) in [6.45, 7) is 4.14. The third-order valence-corrected chi connectivity index (χ3v) is 6.92. The second-order valence-corrected chi connectivity index (χ2v) is 9.62. The van der Waals surface area contributed by atoms with E-state index in [0.717, 1.165) is 29.3 Å². The fourth-order valence-electron chi connectivity index (χ4n) is 3.39. The molecule has 4 aromatic rings. The molecule has 1 aliphatic rings. The minimum atomic E-state index is -3.85. The second-order valence-electron chi connectivity index (χ2n) is 7.75. The Bertz CT molecular complexity index is 1260. The molecule has 1 unspecified atom stereocenters. The topological polar surface area (TPSA) is 95.2 Å². The molecule has 148 valence electrons. The zero-order valence-electron chi connectivity index (χ0n) is 16.2. The molecule has 2 heterocycles. The number of fused-ring (bicyclic) bond motifs is 3. The molecule has 1 aliphatic carbocycles. The van der Waals surface area contributed by atoms with Gasteiger partial charge in [0.1, 0.15) is 16.0 Å². The number of anilines is 1. The van der Waals surface area contributed by atoms with Gasteiger partial charge in [0.25, 0.3) is 0 Å². The van der Waals surface area contributed by atoms with E-state index in [1.165, 1.54) is 4.52 Å². The van der Waals surface area contributed by atoms with Crippen LogP contribution >= 0.6 is 0 Å². The van der Waals surface area contributed by atoms with Crippen molar-refractivity contribution in [1.29, 1.82) is 0 Å². The largest absolute Gasteiger partial charge is 0.604 e. The quantitative estimate of drug-likeness (QED) is 0.502. The molecule has 7 nitrogen and oxygen atoms in total. The number of nitrogens with zero attached hydrogens (tertiary/aromatic N) is 4. The van der Waals surface area contributed by atoms with Gasteiger partial charge in [-0.2, -0.15) is 4.52 Å². The molecule has 0 aliphatic heterocycles. The van der Waals surface area contributed by atoms with E-state index in [2.05, 4.69) is 34.5 Å². The van der Waals surface area contributed by atoms with Gasteiger partial charge in [0.15, 0.2) is 4.90 Å². The van der Waals surface area contributed by atoms with Gasteiger partial charge in [0.05, 0.1) is 5.52 Å². The molecule has 0 amide bonds. The Labute approximate surface area is 169 Å². The second kappa shape index (κ2) is 6.60. The number of hydrogen-bond donors (Lipinski definition) is 1. The highest BCUT2D eigenvalue weighted by Crippen LogP contribution is 2.33. The Hall–Kier alpha value is -2.84. The summed E-state index contributed by atoms with van der Waals surface area (Å²) >= 11 is 0. The SMILES string of the molecule is CC(C)c1ccc([S+](=O)([O-])c2nnn3c2nc(NC2CC2)c2ccccc23)cc1. The monoisotopic (exact) mass is 407 g/mol. The molecule has 5 rings (SSSR count). The fourth-order valence-corrected chi connectivity index (χ4v) is 4.63. The maximum Gasteiger partial charge on any atom is 0.317 e. The van der Waals surface area contributed by atoms with Crippen LogP contribution in [-0.2, 0) is 14.4 Å². The van der Waals surface area contributed by atoms with Crippen molar-refractivity contribution in [2.45, 2.75) is 48.6 Å². The van der Waals surface area contributed by atoms with Crippen LogP contribution in [-0.4, -0.2) is 30.4 Å². The van der Waals surface area contributed by atoms with Gasteiger partial charge in [0.2, 0.25) is 5.65 Å². The van der Waals surface area contributed by atoms with Crippen LogP contribution in [0.15, 0.2) is 58.5 Å². The minimum Gasteiger partial charge on any atom is -0.604 e. The summed E-state index contributed by atoms with van der Waals surface area (Å²) in [7, 11) is -3.85. The molecular weight excluding hydrogens is 386 g/mol. The lowest BCUT2D eigenvalue weighted by molar-refractivity contribution is 0.475. The lowest BCUT2D eigenvalue weighted by Gasteiger charge is -2.13. The lowest BCUT2D eigenvalue weighted by atomic mass is 10.0. The van der Waals surface area contributed by atoms with Crippen molar-refractivity contribution < 1.29 is 8.76 Å². The van der Waals surface area contributed by atoms with Crippen LogP contribution in [0.2, 0.25) is 0 Å². The van der Waals surface area contributed by atoms with Crippen molar-refractivity contribution in [3.8, 4) is 0 Å². The highest BCUT2D eigenvalue weighted by molar-refractivity contribution is 7.97. The van der Waals surface area contributed by atoms with E-state index in [1.807, 2.05) is 36.4 Å². The Morgan fingerprint density at radius 3 is 2.55 bits per heavy atom. The van der Waals surface area contributed by atoms with E-state index in [-0.39, 0.29) is 15.6 Å².